The van der Waals surface area contributed by atoms with Gasteiger partial charge in [0.05, 0.1) is 6.33 Å². The van der Waals surface area contributed by atoms with Gasteiger partial charge in [0.25, 0.3) is 5.56 Å². The van der Waals surface area contributed by atoms with Gasteiger partial charge in [0.1, 0.15) is 6.61 Å². The summed E-state index contributed by atoms with van der Waals surface area (Å²) in [6.07, 6.45) is 2.82. The van der Waals surface area contributed by atoms with E-state index < -0.39 is 11.1 Å². The molecule has 0 spiro atoms. The van der Waals surface area contributed by atoms with Crippen molar-refractivity contribution in [1.29, 1.82) is 0 Å². The highest BCUT2D eigenvalue weighted by atomic mass is 16.5. The van der Waals surface area contributed by atoms with E-state index in [4.69, 9.17) is 16.2 Å². The summed E-state index contributed by atoms with van der Waals surface area (Å²) in [5.41, 5.74) is 10.8. The molecule has 0 aliphatic carbocycles. The summed E-state index contributed by atoms with van der Waals surface area (Å²) in [5, 5.41) is 0. The molecule has 1 aromatic rings. The Labute approximate surface area is 94.0 Å². The van der Waals surface area contributed by atoms with Crippen molar-refractivity contribution in [2.24, 2.45) is 5.73 Å². The predicted octanol–water partition coefficient (Wildman–Crippen LogP) is 0.248. The van der Waals surface area contributed by atoms with E-state index in [-0.39, 0.29) is 11.6 Å². The van der Waals surface area contributed by atoms with Crippen LogP contribution >= 0.6 is 0 Å². The first kappa shape index (κ1) is 12.5. The van der Waals surface area contributed by atoms with Crippen LogP contribution < -0.4 is 21.8 Å². The molecule has 0 amide bonds. The Hall–Kier alpha value is -1.56. The number of aromatic amines is 1. The van der Waals surface area contributed by atoms with Crippen LogP contribution in [0, 0.1) is 0 Å². The van der Waals surface area contributed by atoms with Crippen molar-refractivity contribution in [3.8, 4) is 5.88 Å². The van der Waals surface area contributed by atoms with Crippen LogP contribution in [0.3, 0.4) is 0 Å². The summed E-state index contributed by atoms with van der Waals surface area (Å²) in [5.74, 6) is 0.139. The number of nitrogen functional groups attached to an aromatic ring is 1. The van der Waals surface area contributed by atoms with E-state index in [1.165, 1.54) is 6.33 Å². The lowest BCUT2D eigenvalue weighted by Gasteiger charge is -2.26. The van der Waals surface area contributed by atoms with Crippen molar-refractivity contribution in [3.05, 3.63) is 16.7 Å². The van der Waals surface area contributed by atoms with Gasteiger partial charge in [-0.25, -0.2) is 4.98 Å². The highest BCUT2D eigenvalue weighted by molar-refractivity contribution is 5.44. The predicted molar refractivity (Wildman–Crippen MR) is 62.3 cm³/mol. The number of nitrogens with two attached hydrogens (primary N) is 2. The van der Waals surface area contributed by atoms with Crippen LogP contribution in [0.15, 0.2) is 11.1 Å². The van der Waals surface area contributed by atoms with E-state index in [0.717, 1.165) is 12.8 Å². The molecule has 0 bridgehead atoms. The molecule has 0 aromatic carbocycles. The SMILES string of the molecule is CCC(N)(CC)COc1nc[nH]c(=O)c1N. The molecule has 6 nitrogen and oxygen atoms in total. The Balaban J connectivity index is 2.75. The van der Waals surface area contributed by atoms with Gasteiger partial charge in [-0.3, -0.25) is 4.79 Å². The first-order valence-electron chi connectivity index (χ1n) is 5.27. The molecule has 0 atom stereocenters. The van der Waals surface area contributed by atoms with Crippen molar-refractivity contribution in [1.82, 2.24) is 9.97 Å². The summed E-state index contributed by atoms with van der Waals surface area (Å²) < 4.78 is 5.38. The first-order chi connectivity index (χ1) is 7.52. The molecular weight excluding hydrogens is 208 g/mol. The number of aromatic nitrogens is 2. The fraction of sp³-hybridized carbons (Fsp3) is 0.600. The zero-order chi connectivity index (χ0) is 12.2. The molecule has 16 heavy (non-hydrogen) atoms. The van der Waals surface area contributed by atoms with Crippen molar-refractivity contribution in [3.63, 3.8) is 0 Å². The molecule has 0 saturated carbocycles. The van der Waals surface area contributed by atoms with E-state index in [2.05, 4.69) is 9.97 Å². The minimum Gasteiger partial charge on any atom is -0.474 e. The fourth-order valence-electron chi connectivity index (χ4n) is 1.18. The van der Waals surface area contributed by atoms with Gasteiger partial charge in [-0.05, 0) is 12.8 Å². The average molecular weight is 226 g/mol. The molecule has 1 heterocycles. The summed E-state index contributed by atoms with van der Waals surface area (Å²) in [7, 11) is 0. The molecule has 1 rings (SSSR count). The van der Waals surface area contributed by atoms with Crippen LogP contribution in [-0.2, 0) is 0 Å². The number of H-pyrrole nitrogens is 1. The highest BCUT2D eigenvalue weighted by Crippen LogP contribution is 2.16. The molecule has 0 saturated heterocycles. The van der Waals surface area contributed by atoms with Crippen LogP contribution in [0.5, 0.6) is 5.88 Å². The third kappa shape index (κ3) is 2.73. The topological polar surface area (TPSA) is 107 Å². The molecule has 90 valence electrons. The van der Waals surface area contributed by atoms with Crippen LogP contribution in [0.1, 0.15) is 26.7 Å². The number of hydrogen-bond donors (Lipinski definition) is 3. The number of hydrogen-bond acceptors (Lipinski definition) is 5. The molecule has 0 fully saturated rings. The average Bonchev–Trinajstić information content (AvgIpc) is 2.31. The van der Waals surface area contributed by atoms with Crippen LogP contribution in [-0.4, -0.2) is 22.1 Å². The van der Waals surface area contributed by atoms with Gasteiger partial charge in [-0.15, -0.1) is 0 Å². The summed E-state index contributed by atoms with van der Waals surface area (Å²) in [4.78, 5) is 17.4. The molecule has 0 radical (unpaired) electrons. The fourth-order valence-corrected chi connectivity index (χ4v) is 1.18. The number of ether oxygens (including phenoxy) is 1. The van der Waals surface area contributed by atoms with E-state index >= 15 is 0 Å². The van der Waals surface area contributed by atoms with Gasteiger partial charge in [0, 0.05) is 5.54 Å². The Kier molecular flexibility index (Phi) is 3.89. The number of nitrogens with zero attached hydrogens (tertiary/aromatic N) is 1. The zero-order valence-electron chi connectivity index (χ0n) is 9.62. The summed E-state index contributed by atoms with van der Waals surface area (Å²) in [6, 6.07) is 0. The standard InChI is InChI=1S/C10H18N4O2/c1-3-10(12,4-2)5-16-9-7(11)8(15)13-6-14-9/h6H,3-5,11-12H2,1-2H3,(H,13,14,15). The Morgan fingerprint density at radius 2 is 2.12 bits per heavy atom. The second-order valence-electron chi connectivity index (χ2n) is 3.81. The van der Waals surface area contributed by atoms with Crippen LogP contribution in [0.2, 0.25) is 0 Å². The van der Waals surface area contributed by atoms with Crippen LogP contribution in [0.25, 0.3) is 0 Å². The van der Waals surface area contributed by atoms with Gasteiger partial charge in [0.15, 0.2) is 5.69 Å². The second kappa shape index (κ2) is 4.98. The lowest BCUT2D eigenvalue weighted by atomic mass is 9.96. The van der Waals surface area contributed by atoms with Crippen molar-refractivity contribution < 1.29 is 4.74 Å². The monoisotopic (exact) mass is 226 g/mol. The van der Waals surface area contributed by atoms with Crippen molar-refractivity contribution in [2.75, 3.05) is 12.3 Å². The molecule has 0 aliphatic rings. The van der Waals surface area contributed by atoms with E-state index in [1.54, 1.807) is 0 Å². The van der Waals surface area contributed by atoms with Gasteiger partial charge >= 0.3 is 0 Å². The maximum Gasteiger partial charge on any atom is 0.277 e. The number of anilines is 1. The second-order valence-corrected chi connectivity index (χ2v) is 3.81. The maximum atomic E-state index is 11.2. The molecule has 5 N–H and O–H groups in total. The van der Waals surface area contributed by atoms with Gasteiger partial charge in [-0.2, -0.15) is 0 Å². The Morgan fingerprint density at radius 3 is 2.69 bits per heavy atom. The first-order valence-corrected chi connectivity index (χ1v) is 5.27. The minimum absolute atomic E-state index is 0.0166. The maximum absolute atomic E-state index is 11.2. The van der Waals surface area contributed by atoms with Crippen molar-refractivity contribution >= 4 is 5.69 Å². The van der Waals surface area contributed by atoms with Gasteiger partial charge in [-0.1, -0.05) is 13.8 Å². The van der Waals surface area contributed by atoms with Crippen molar-refractivity contribution in [2.45, 2.75) is 32.2 Å². The molecule has 6 heteroatoms. The normalized spacial score (nSPS) is 11.4. The van der Waals surface area contributed by atoms with E-state index in [1.807, 2.05) is 13.8 Å². The highest BCUT2D eigenvalue weighted by Gasteiger charge is 2.22. The molecule has 0 unspecified atom stereocenters. The smallest absolute Gasteiger partial charge is 0.277 e. The summed E-state index contributed by atoms with van der Waals surface area (Å²) >= 11 is 0. The zero-order valence-corrected chi connectivity index (χ0v) is 9.62. The number of nitrogens with one attached hydrogen (secondary N) is 1. The number of rotatable bonds is 5. The lowest BCUT2D eigenvalue weighted by molar-refractivity contribution is 0.201. The quantitative estimate of drug-likeness (QED) is 0.667. The van der Waals surface area contributed by atoms with Gasteiger partial charge in [0.2, 0.25) is 5.88 Å². The molecular formula is C10H18N4O2. The van der Waals surface area contributed by atoms with E-state index in [9.17, 15) is 4.79 Å². The lowest BCUT2D eigenvalue weighted by Crippen LogP contribution is -2.44. The van der Waals surface area contributed by atoms with Gasteiger partial charge < -0.3 is 21.2 Å². The Bertz CT molecular complexity index is 398. The van der Waals surface area contributed by atoms with E-state index in [0.29, 0.717) is 6.61 Å². The van der Waals surface area contributed by atoms with Crippen LogP contribution in [0.4, 0.5) is 5.69 Å². The molecule has 1 aromatic heterocycles. The largest absolute Gasteiger partial charge is 0.474 e. The molecule has 0 aliphatic heterocycles. The summed E-state index contributed by atoms with van der Waals surface area (Å²) in [6.45, 7) is 4.27. The minimum atomic E-state index is -0.406. The third-order valence-corrected chi connectivity index (χ3v) is 2.76. The Morgan fingerprint density at radius 1 is 1.50 bits per heavy atom. The third-order valence-electron chi connectivity index (χ3n) is 2.76.